The highest BCUT2D eigenvalue weighted by molar-refractivity contribution is 6.31. The first-order valence-corrected chi connectivity index (χ1v) is 9.59. The van der Waals surface area contributed by atoms with E-state index in [9.17, 15) is 4.79 Å². The number of amides is 1. The van der Waals surface area contributed by atoms with Crippen LogP contribution in [0.1, 0.15) is 31.4 Å². The second-order valence-corrected chi connectivity index (χ2v) is 7.39. The fourth-order valence-electron chi connectivity index (χ4n) is 2.82. The first-order chi connectivity index (χ1) is 13.5. The fourth-order valence-corrected chi connectivity index (χ4v) is 3.02. The molecule has 0 saturated carbocycles. The van der Waals surface area contributed by atoms with Crippen molar-refractivity contribution < 1.29 is 4.79 Å². The number of hydrogen-bond donors (Lipinski definition) is 1. The summed E-state index contributed by atoms with van der Waals surface area (Å²) in [7, 11) is 0. The Morgan fingerprint density at radius 2 is 1.89 bits per heavy atom. The van der Waals surface area contributed by atoms with Gasteiger partial charge >= 0.3 is 0 Å². The van der Waals surface area contributed by atoms with Gasteiger partial charge in [0.05, 0.1) is 12.8 Å². The normalized spacial score (nSPS) is 11.3. The van der Waals surface area contributed by atoms with Gasteiger partial charge in [-0.05, 0) is 17.5 Å². The second-order valence-electron chi connectivity index (χ2n) is 6.98. The predicted octanol–water partition coefficient (Wildman–Crippen LogP) is 4.75. The molecule has 1 heterocycles. The topological polar surface area (TPSA) is 59.3 Å². The molecule has 0 saturated heterocycles. The van der Waals surface area contributed by atoms with Crippen LogP contribution in [0.25, 0.3) is 11.3 Å². The van der Waals surface area contributed by atoms with Crippen LogP contribution in [-0.2, 0) is 11.3 Å². The number of nitrogens with zero attached hydrogens (tertiary/aromatic N) is 3. The van der Waals surface area contributed by atoms with E-state index in [0.717, 1.165) is 22.4 Å². The van der Waals surface area contributed by atoms with Gasteiger partial charge in [-0.2, -0.15) is 10.2 Å². The Kier molecular flexibility index (Phi) is 6.61. The molecule has 5 nitrogen and oxygen atoms in total. The molecule has 6 heteroatoms. The summed E-state index contributed by atoms with van der Waals surface area (Å²) in [5.74, 6) is 0.185. The van der Waals surface area contributed by atoms with Crippen LogP contribution in [-0.4, -0.2) is 21.9 Å². The molecule has 0 atom stereocenters. The van der Waals surface area contributed by atoms with E-state index in [2.05, 4.69) is 10.5 Å². The van der Waals surface area contributed by atoms with Gasteiger partial charge in [0.2, 0.25) is 5.91 Å². The van der Waals surface area contributed by atoms with Crippen LogP contribution in [0.3, 0.4) is 0 Å². The minimum atomic E-state index is -0.101. The zero-order chi connectivity index (χ0) is 19.9. The number of nitrogens with one attached hydrogen (secondary N) is 1. The van der Waals surface area contributed by atoms with Crippen LogP contribution in [0.15, 0.2) is 65.9 Å². The monoisotopic (exact) mass is 394 g/mol. The average Bonchev–Trinajstić information content (AvgIpc) is 3.06. The molecular weight excluding hydrogens is 372 g/mol. The minimum Gasteiger partial charge on any atom is -0.273 e. The van der Waals surface area contributed by atoms with E-state index in [0.29, 0.717) is 18.0 Å². The zero-order valence-corrected chi connectivity index (χ0v) is 16.7. The summed E-state index contributed by atoms with van der Waals surface area (Å²) < 4.78 is 1.83. The van der Waals surface area contributed by atoms with Crippen molar-refractivity contribution in [1.29, 1.82) is 0 Å². The van der Waals surface area contributed by atoms with Gasteiger partial charge in [-0.15, -0.1) is 0 Å². The second kappa shape index (κ2) is 9.33. The van der Waals surface area contributed by atoms with Crippen molar-refractivity contribution in [1.82, 2.24) is 15.2 Å². The predicted molar refractivity (Wildman–Crippen MR) is 113 cm³/mol. The Bertz CT molecular complexity index is 964. The van der Waals surface area contributed by atoms with E-state index >= 15 is 0 Å². The molecule has 0 aliphatic carbocycles. The van der Waals surface area contributed by atoms with Crippen LogP contribution in [0.5, 0.6) is 0 Å². The van der Waals surface area contributed by atoms with Gasteiger partial charge in [0.25, 0.3) is 0 Å². The summed E-state index contributed by atoms with van der Waals surface area (Å²) in [6, 6.07) is 17.6. The molecular formula is C22H23ClN4O. The number of aromatic nitrogens is 2. The Morgan fingerprint density at radius 3 is 2.61 bits per heavy atom. The Balaban J connectivity index is 1.86. The SMILES string of the molecule is CC(C)CC(=O)N/N=C\c1cn(Cc2ccccc2Cl)nc1-c1ccccc1. The molecule has 144 valence electrons. The Morgan fingerprint density at radius 1 is 1.18 bits per heavy atom. The van der Waals surface area contributed by atoms with Gasteiger partial charge in [0, 0.05) is 28.8 Å². The number of carbonyl (C=O) groups is 1. The lowest BCUT2D eigenvalue weighted by atomic mass is 10.1. The highest BCUT2D eigenvalue weighted by atomic mass is 35.5. The molecule has 0 unspecified atom stereocenters. The van der Waals surface area contributed by atoms with Crippen molar-refractivity contribution in [2.45, 2.75) is 26.8 Å². The Hall–Kier alpha value is -2.92. The summed E-state index contributed by atoms with van der Waals surface area (Å²) in [6.45, 7) is 4.54. The van der Waals surface area contributed by atoms with E-state index in [4.69, 9.17) is 16.7 Å². The molecule has 0 aliphatic rings. The quantitative estimate of drug-likeness (QED) is 0.464. The smallest absolute Gasteiger partial charge is 0.240 e. The van der Waals surface area contributed by atoms with E-state index in [1.54, 1.807) is 6.21 Å². The summed E-state index contributed by atoms with van der Waals surface area (Å²) in [6.07, 6.45) is 3.98. The van der Waals surface area contributed by atoms with Crippen molar-refractivity contribution in [2.75, 3.05) is 0 Å². The fraction of sp³-hybridized carbons (Fsp3) is 0.227. The van der Waals surface area contributed by atoms with E-state index in [1.165, 1.54) is 0 Å². The summed E-state index contributed by atoms with van der Waals surface area (Å²) in [5, 5.41) is 9.54. The molecule has 0 radical (unpaired) electrons. The molecule has 0 bridgehead atoms. The first kappa shape index (κ1) is 19.8. The number of halogens is 1. The number of benzene rings is 2. The Labute approximate surface area is 170 Å². The molecule has 3 rings (SSSR count). The summed E-state index contributed by atoms with van der Waals surface area (Å²) in [5.41, 5.74) is 6.17. The van der Waals surface area contributed by atoms with Gasteiger partial charge in [-0.1, -0.05) is 74.0 Å². The molecule has 1 amide bonds. The van der Waals surface area contributed by atoms with Gasteiger partial charge in [-0.3, -0.25) is 9.48 Å². The highest BCUT2D eigenvalue weighted by Crippen LogP contribution is 2.22. The number of carbonyl (C=O) groups excluding carboxylic acids is 1. The van der Waals surface area contributed by atoms with Crippen molar-refractivity contribution in [2.24, 2.45) is 11.0 Å². The van der Waals surface area contributed by atoms with Crippen LogP contribution < -0.4 is 5.43 Å². The molecule has 0 fully saturated rings. The zero-order valence-electron chi connectivity index (χ0n) is 16.0. The molecule has 2 aromatic carbocycles. The molecule has 0 spiro atoms. The van der Waals surface area contributed by atoms with Crippen LogP contribution in [0, 0.1) is 5.92 Å². The van der Waals surface area contributed by atoms with Gasteiger partial charge < -0.3 is 0 Å². The lowest BCUT2D eigenvalue weighted by Gasteiger charge is -2.04. The lowest BCUT2D eigenvalue weighted by molar-refractivity contribution is -0.121. The maximum absolute atomic E-state index is 11.8. The lowest BCUT2D eigenvalue weighted by Crippen LogP contribution is -2.19. The highest BCUT2D eigenvalue weighted by Gasteiger charge is 2.11. The van der Waals surface area contributed by atoms with Gasteiger partial charge in [0.15, 0.2) is 0 Å². The third kappa shape index (κ3) is 5.30. The van der Waals surface area contributed by atoms with Crippen molar-refractivity contribution >= 4 is 23.7 Å². The third-order valence-electron chi connectivity index (χ3n) is 4.11. The number of rotatable bonds is 7. The molecule has 28 heavy (non-hydrogen) atoms. The molecule has 1 N–H and O–H groups in total. The molecule has 1 aromatic heterocycles. The first-order valence-electron chi connectivity index (χ1n) is 9.21. The van der Waals surface area contributed by atoms with Gasteiger partial charge in [0.1, 0.15) is 5.69 Å². The van der Waals surface area contributed by atoms with Crippen LogP contribution >= 0.6 is 11.6 Å². The molecule has 0 aliphatic heterocycles. The van der Waals surface area contributed by atoms with E-state index in [1.807, 2.05) is 79.3 Å². The van der Waals surface area contributed by atoms with Crippen LogP contribution in [0.4, 0.5) is 0 Å². The van der Waals surface area contributed by atoms with Crippen molar-refractivity contribution in [3.05, 3.63) is 76.9 Å². The van der Waals surface area contributed by atoms with E-state index in [-0.39, 0.29) is 11.8 Å². The summed E-state index contributed by atoms with van der Waals surface area (Å²) in [4.78, 5) is 11.8. The maximum atomic E-state index is 11.8. The number of hydrazone groups is 1. The third-order valence-corrected chi connectivity index (χ3v) is 4.48. The minimum absolute atomic E-state index is 0.101. The molecule has 3 aromatic rings. The number of hydrogen-bond acceptors (Lipinski definition) is 3. The van der Waals surface area contributed by atoms with Crippen molar-refractivity contribution in [3.63, 3.8) is 0 Å². The summed E-state index contributed by atoms with van der Waals surface area (Å²) >= 11 is 6.28. The maximum Gasteiger partial charge on any atom is 0.240 e. The van der Waals surface area contributed by atoms with Crippen LogP contribution in [0.2, 0.25) is 5.02 Å². The van der Waals surface area contributed by atoms with Gasteiger partial charge in [-0.25, -0.2) is 5.43 Å². The standard InChI is InChI=1S/C22H23ClN4O/c1-16(2)12-21(28)25-24-13-19-15-27(14-18-10-6-7-11-20(18)23)26-22(19)17-8-4-3-5-9-17/h3-11,13,15-16H,12,14H2,1-2H3,(H,25,28)/b24-13-. The average molecular weight is 395 g/mol. The largest absolute Gasteiger partial charge is 0.273 e. The van der Waals surface area contributed by atoms with E-state index < -0.39 is 0 Å². The van der Waals surface area contributed by atoms with Crippen molar-refractivity contribution in [3.8, 4) is 11.3 Å².